The summed E-state index contributed by atoms with van der Waals surface area (Å²) in [6.07, 6.45) is 0.147. The highest BCUT2D eigenvalue weighted by Gasteiger charge is 2.46. The molecular weight excluding hydrogens is 316 g/mol. The number of hydrogen-bond donors (Lipinski definition) is 0. The molecule has 2 rings (SSSR count). The number of sulfone groups is 2. The summed E-state index contributed by atoms with van der Waals surface area (Å²) in [7, 11) is -6.19. The van der Waals surface area contributed by atoms with Crippen molar-refractivity contribution < 1.29 is 26.4 Å². The van der Waals surface area contributed by atoms with E-state index in [1.165, 1.54) is 12.1 Å². The minimum absolute atomic E-state index is 0.00954. The Kier molecular flexibility index (Phi) is 4.38. The van der Waals surface area contributed by atoms with Crippen LogP contribution in [0.4, 0.5) is 0 Å². The van der Waals surface area contributed by atoms with Gasteiger partial charge in [-0.2, -0.15) is 0 Å². The van der Waals surface area contributed by atoms with Gasteiger partial charge in [0, 0.05) is 5.92 Å². The Morgan fingerprint density at radius 3 is 2.38 bits per heavy atom. The van der Waals surface area contributed by atoms with Crippen molar-refractivity contribution in [1.29, 1.82) is 0 Å². The smallest absolute Gasteiger partial charge is 0.324 e. The van der Waals surface area contributed by atoms with E-state index in [-0.39, 0.29) is 22.8 Å². The van der Waals surface area contributed by atoms with Gasteiger partial charge in [0.2, 0.25) is 0 Å². The Balaban J connectivity index is 2.45. The predicted molar refractivity (Wildman–Crippen MR) is 76.2 cm³/mol. The molecule has 21 heavy (non-hydrogen) atoms. The Morgan fingerprint density at radius 2 is 1.90 bits per heavy atom. The molecular formula is C13H16O6S2. The van der Waals surface area contributed by atoms with E-state index in [2.05, 4.69) is 4.74 Å². The highest BCUT2D eigenvalue weighted by Crippen LogP contribution is 2.30. The van der Waals surface area contributed by atoms with E-state index < -0.39 is 36.8 Å². The molecule has 1 aromatic carbocycles. The van der Waals surface area contributed by atoms with Crippen LogP contribution in [-0.2, 0) is 29.2 Å². The number of hydrogen-bond acceptors (Lipinski definition) is 6. The molecule has 0 bridgehead atoms. The van der Waals surface area contributed by atoms with E-state index in [1.807, 2.05) is 0 Å². The van der Waals surface area contributed by atoms with E-state index >= 15 is 0 Å². The lowest BCUT2D eigenvalue weighted by Gasteiger charge is -2.20. The third-order valence-corrected chi connectivity index (χ3v) is 7.50. The van der Waals surface area contributed by atoms with E-state index in [1.54, 1.807) is 18.2 Å². The van der Waals surface area contributed by atoms with Gasteiger partial charge in [-0.15, -0.1) is 0 Å². The summed E-state index contributed by atoms with van der Waals surface area (Å²) in [5, 5.41) is -1.48. The summed E-state index contributed by atoms with van der Waals surface area (Å²) in [5.41, 5.74) is 0. The van der Waals surface area contributed by atoms with E-state index in [4.69, 9.17) is 0 Å². The van der Waals surface area contributed by atoms with Crippen LogP contribution in [-0.4, -0.2) is 46.7 Å². The van der Waals surface area contributed by atoms with Crippen molar-refractivity contribution in [3.05, 3.63) is 30.3 Å². The average Bonchev–Trinajstić information content (AvgIpc) is 2.79. The number of rotatable bonds is 4. The average molecular weight is 332 g/mol. The summed E-state index contributed by atoms with van der Waals surface area (Å²) in [6, 6.07) is 7.52. The lowest BCUT2D eigenvalue weighted by molar-refractivity contribution is -0.141. The van der Waals surface area contributed by atoms with Gasteiger partial charge in [-0.05, 0) is 18.6 Å². The number of methoxy groups -OCH3 is 1. The van der Waals surface area contributed by atoms with Crippen molar-refractivity contribution in [1.82, 2.24) is 0 Å². The fourth-order valence-electron chi connectivity index (χ4n) is 2.51. The lowest BCUT2D eigenvalue weighted by atomic mass is 10.1. The molecule has 6 nitrogen and oxygen atoms in total. The fourth-order valence-corrected chi connectivity index (χ4v) is 6.39. The van der Waals surface area contributed by atoms with E-state index in [0.29, 0.717) is 0 Å². The fraction of sp³-hybridized carbons (Fsp3) is 0.462. The van der Waals surface area contributed by atoms with Gasteiger partial charge in [-0.25, -0.2) is 16.8 Å². The maximum Gasteiger partial charge on any atom is 0.324 e. The Bertz CT molecular complexity index is 721. The van der Waals surface area contributed by atoms with Crippen molar-refractivity contribution in [2.24, 2.45) is 5.92 Å². The molecule has 1 heterocycles. The van der Waals surface area contributed by atoms with Crippen molar-refractivity contribution in [3.63, 3.8) is 0 Å². The van der Waals surface area contributed by atoms with Gasteiger partial charge in [0.15, 0.2) is 24.9 Å². The zero-order valence-electron chi connectivity index (χ0n) is 11.4. The summed E-state index contributed by atoms with van der Waals surface area (Å²) >= 11 is 0. The first kappa shape index (κ1) is 16.0. The first-order valence-corrected chi connectivity index (χ1v) is 9.72. The standard InChI is InChI=1S/C13H16O6S2/c1-19-13(14)12(10-7-8-20(15,16)9-10)21(17,18)11-5-3-2-4-6-11/h2-6,10,12H,7-9H2,1H3. The van der Waals surface area contributed by atoms with Crippen LogP contribution in [0.2, 0.25) is 0 Å². The zero-order valence-corrected chi connectivity index (χ0v) is 13.1. The molecule has 116 valence electrons. The van der Waals surface area contributed by atoms with Gasteiger partial charge in [-0.3, -0.25) is 4.79 Å². The molecule has 1 saturated heterocycles. The third kappa shape index (κ3) is 3.26. The number of esters is 1. The molecule has 8 heteroatoms. The minimum atomic E-state index is -3.98. The maximum atomic E-state index is 12.6. The molecule has 1 fully saturated rings. The predicted octanol–water partition coefficient (Wildman–Crippen LogP) is 0.437. The van der Waals surface area contributed by atoms with Gasteiger partial charge >= 0.3 is 5.97 Å². The topological polar surface area (TPSA) is 94.6 Å². The molecule has 2 unspecified atom stereocenters. The van der Waals surface area contributed by atoms with Crippen LogP contribution in [0.25, 0.3) is 0 Å². The van der Waals surface area contributed by atoms with Gasteiger partial charge in [0.25, 0.3) is 0 Å². The van der Waals surface area contributed by atoms with Crippen molar-refractivity contribution in [2.45, 2.75) is 16.6 Å². The largest absolute Gasteiger partial charge is 0.468 e. The second-order valence-electron chi connectivity index (χ2n) is 4.96. The van der Waals surface area contributed by atoms with Crippen molar-refractivity contribution in [3.8, 4) is 0 Å². The number of carbonyl (C=O) groups excluding carboxylic acids is 1. The van der Waals surface area contributed by atoms with Crippen molar-refractivity contribution in [2.75, 3.05) is 18.6 Å². The molecule has 0 saturated carbocycles. The molecule has 0 N–H and O–H groups in total. The van der Waals surface area contributed by atoms with Gasteiger partial charge in [0.05, 0.1) is 23.5 Å². The SMILES string of the molecule is COC(=O)C(C1CCS(=O)(=O)C1)S(=O)(=O)c1ccccc1. The van der Waals surface area contributed by atoms with Gasteiger partial charge in [-0.1, -0.05) is 18.2 Å². The summed E-state index contributed by atoms with van der Waals surface area (Å²) in [4.78, 5) is 11.9. The van der Waals surface area contributed by atoms with Crippen LogP contribution >= 0.6 is 0 Å². The minimum Gasteiger partial charge on any atom is -0.468 e. The maximum absolute atomic E-state index is 12.6. The normalized spacial score (nSPS) is 22.6. The third-order valence-electron chi connectivity index (χ3n) is 3.54. The number of benzene rings is 1. The van der Waals surface area contributed by atoms with Crippen LogP contribution in [0.1, 0.15) is 6.42 Å². The number of ether oxygens (including phenoxy) is 1. The van der Waals surface area contributed by atoms with Crippen LogP contribution in [0, 0.1) is 5.92 Å². The van der Waals surface area contributed by atoms with Gasteiger partial charge in [0.1, 0.15) is 0 Å². The molecule has 0 radical (unpaired) electrons. The molecule has 0 aliphatic carbocycles. The first-order chi connectivity index (χ1) is 9.78. The molecule has 1 aliphatic rings. The molecule has 1 aromatic rings. The quantitative estimate of drug-likeness (QED) is 0.743. The Labute approximate surface area is 124 Å². The van der Waals surface area contributed by atoms with Crippen LogP contribution in [0.5, 0.6) is 0 Å². The summed E-state index contributed by atoms with van der Waals surface area (Å²) in [5.74, 6) is -2.09. The van der Waals surface area contributed by atoms with Crippen LogP contribution < -0.4 is 0 Å². The van der Waals surface area contributed by atoms with Gasteiger partial charge < -0.3 is 4.74 Å². The molecule has 1 aliphatic heterocycles. The second-order valence-corrected chi connectivity index (χ2v) is 9.26. The molecule has 0 amide bonds. The lowest BCUT2D eigenvalue weighted by Crippen LogP contribution is -2.39. The zero-order chi connectivity index (χ0) is 15.7. The monoisotopic (exact) mass is 332 g/mol. The van der Waals surface area contributed by atoms with Crippen LogP contribution in [0.15, 0.2) is 35.2 Å². The highest BCUT2D eigenvalue weighted by molar-refractivity contribution is 7.93. The second kappa shape index (κ2) is 5.76. The molecule has 0 spiro atoms. The molecule has 0 aromatic heterocycles. The number of carbonyl (C=O) groups is 1. The van der Waals surface area contributed by atoms with Crippen LogP contribution in [0.3, 0.4) is 0 Å². The van der Waals surface area contributed by atoms with Crippen molar-refractivity contribution >= 4 is 25.6 Å². The Hall–Kier alpha value is -1.41. The summed E-state index contributed by atoms with van der Waals surface area (Å²) in [6.45, 7) is 0. The van der Waals surface area contributed by atoms with E-state index in [9.17, 15) is 21.6 Å². The Morgan fingerprint density at radius 1 is 1.29 bits per heavy atom. The van der Waals surface area contributed by atoms with E-state index in [0.717, 1.165) is 7.11 Å². The first-order valence-electron chi connectivity index (χ1n) is 6.35. The summed E-state index contributed by atoms with van der Waals surface area (Å²) < 4.78 is 53.0. The highest BCUT2D eigenvalue weighted by atomic mass is 32.2. The molecule has 2 atom stereocenters.